The van der Waals surface area contributed by atoms with Gasteiger partial charge in [0.05, 0.1) is 6.54 Å². The average Bonchev–Trinajstić information content (AvgIpc) is 2.69. The van der Waals surface area contributed by atoms with E-state index in [4.69, 9.17) is 0 Å². The van der Waals surface area contributed by atoms with Gasteiger partial charge in [0.15, 0.2) is 0 Å². The second-order valence-electron chi connectivity index (χ2n) is 7.35. The molecule has 3 rings (SSSR count). The molecule has 0 N–H and O–H groups in total. The maximum absolute atomic E-state index is 12.6. The summed E-state index contributed by atoms with van der Waals surface area (Å²) < 4.78 is 26.5. The molecule has 7 heteroatoms. The zero-order valence-electron chi connectivity index (χ0n) is 16.0. The van der Waals surface area contributed by atoms with Crippen LogP contribution < -0.4 is 0 Å². The van der Waals surface area contributed by atoms with E-state index in [1.54, 1.807) is 11.0 Å². The smallest absolute Gasteiger partial charge is 0.236 e. The standard InChI is InChI=1S/C20H29N3O3S/c1-18-7-5-6-11-22(18)17-20(24)21-12-14-23(15-13-21)27(25,26)16-10-19-8-3-2-4-9-19/h2-4,8-10,16,18H,5-7,11-15,17H2,1H3/b16-10+/t18-/m0/s1. The van der Waals surface area contributed by atoms with Crippen LogP contribution in [0.15, 0.2) is 35.7 Å². The minimum atomic E-state index is -3.46. The monoisotopic (exact) mass is 391 g/mol. The van der Waals surface area contributed by atoms with Crippen LogP contribution in [0, 0.1) is 0 Å². The Hall–Kier alpha value is -1.70. The van der Waals surface area contributed by atoms with E-state index in [1.807, 2.05) is 30.3 Å². The molecular weight excluding hydrogens is 362 g/mol. The number of amides is 1. The summed E-state index contributed by atoms with van der Waals surface area (Å²) >= 11 is 0. The number of nitrogens with zero attached hydrogens (tertiary/aromatic N) is 3. The third kappa shape index (κ3) is 5.40. The predicted octanol–water partition coefficient (Wildman–Crippen LogP) is 2.01. The zero-order valence-corrected chi connectivity index (χ0v) is 16.8. The topological polar surface area (TPSA) is 60.9 Å². The van der Waals surface area contributed by atoms with Crippen LogP contribution in [0.5, 0.6) is 0 Å². The molecule has 1 amide bonds. The van der Waals surface area contributed by atoms with Crippen LogP contribution in [0.3, 0.4) is 0 Å². The van der Waals surface area contributed by atoms with Crippen LogP contribution >= 0.6 is 0 Å². The van der Waals surface area contributed by atoms with E-state index in [1.165, 1.54) is 16.1 Å². The van der Waals surface area contributed by atoms with Crippen molar-refractivity contribution >= 4 is 22.0 Å². The van der Waals surface area contributed by atoms with Gasteiger partial charge in [0, 0.05) is 37.6 Å². The average molecular weight is 392 g/mol. The summed E-state index contributed by atoms with van der Waals surface area (Å²) in [7, 11) is -3.46. The zero-order chi connectivity index (χ0) is 19.3. The van der Waals surface area contributed by atoms with E-state index < -0.39 is 10.0 Å². The van der Waals surface area contributed by atoms with E-state index in [-0.39, 0.29) is 5.91 Å². The van der Waals surface area contributed by atoms with Crippen LogP contribution in [0.1, 0.15) is 31.7 Å². The lowest BCUT2D eigenvalue weighted by atomic mass is 10.0. The maximum Gasteiger partial charge on any atom is 0.236 e. The Morgan fingerprint density at radius 3 is 2.44 bits per heavy atom. The molecule has 2 aliphatic rings. The molecule has 0 bridgehead atoms. The number of sulfonamides is 1. The fourth-order valence-corrected chi connectivity index (χ4v) is 4.85. The first kappa shape index (κ1) is 20.0. The first-order valence-electron chi connectivity index (χ1n) is 9.71. The Morgan fingerprint density at radius 2 is 1.78 bits per heavy atom. The van der Waals surface area contributed by atoms with Crippen molar-refractivity contribution in [2.75, 3.05) is 39.3 Å². The van der Waals surface area contributed by atoms with Gasteiger partial charge in [0.1, 0.15) is 0 Å². The molecule has 0 saturated carbocycles. The van der Waals surface area contributed by atoms with Gasteiger partial charge in [0.25, 0.3) is 0 Å². The fraction of sp³-hybridized carbons (Fsp3) is 0.550. The van der Waals surface area contributed by atoms with Gasteiger partial charge in [-0.15, -0.1) is 0 Å². The number of hydrogen-bond acceptors (Lipinski definition) is 4. The molecule has 0 radical (unpaired) electrons. The van der Waals surface area contributed by atoms with Crippen LogP contribution in [0.25, 0.3) is 6.08 Å². The van der Waals surface area contributed by atoms with Crippen molar-refractivity contribution in [2.45, 2.75) is 32.2 Å². The lowest BCUT2D eigenvalue weighted by molar-refractivity contribution is -0.134. The highest BCUT2D eigenvalue weighted by Gasteiger charge is 2.29. The number of hydrogen-bond donors (Lipinski definition) is 0. The molecule has 148 valence electrons. The van der Waals surface area contributed by atoms with Gasteiger partial charge in [-0.1, -0.05) is 36.8 Å². The van der Waals surface area contributed by atoms with Crippen molar-refractivity contribution in [1.29, 1.82) is 0 Å². The van der Waals surface area contributed by atoms with Gasteiger partial charge in [-0.2, -0.15) is 4.31 Å². The summed E-state index contributed by atoms with van der Waals surface area (Å²) in [5.41, 5.74) is 0.852. The molecular formula is C20H29N3O3S. The molecule has 2 heterocycles. The Morgan fingerprint density at radius 1 is 1.07 bits per heavy atom. The van der Waals surface area contributed by atoms with E-state index in [2.05, 4.69) is 11.8 Å². The van der Waals surface area contributed by atoms with Gasteiger partial charge in [-0.25, -0.2) is 8.42 Å². The van der Waals surface area contributed by atoms with E-state index in [0.717, 1.165) is 24.9 Å². The Bertz CT molecular complexity index is 756. The van der Waals surface area contributed by atoms with Crippen molar-refractivity contribution in [1.82, 2.24) is 14.1 Å². The van der Waals surface area contributed by atoms with Crippen molar-refractivity contribution in [3.05, 3.63) is 41.3 Å². The molecule has 0 aliphatic carbocycles. The molecule has 0 spiro atoms. The first-order valence-corrected chi connectivity index (χ1v) is 11.2. The Kier molecular flexibility index (Phi) is 6.68. The summed E-state index contributed by atoms with van der Waals surface area (Å²) in [6.07, 6.45) is 5.15. The molecule has 0 aromatic heterocycles. The molecule has 1 aromatic carbocycles. The number of carbonyl (C=O) groups excluding carboxylic acids is 1. The van der Waals surface area contributed by atoms with Crippen molar-refractivity contribution in [3.63, 3.8) is 0 Å². The Balaban J connectivity index is 1.51. The second-order valence-corrected chi connectivity index (χ2v) is 9.17. The molecule has 6 nitrogen and oxygen atoms in total. The number of benzene rings is 1. The lowest BCUT2D eigenvalue weighted by Crippen LogP contribution is -2.53. The van der Waals surface area contributed by atoms with Gasteiger partial charge in [-0.05, 0) is 37.9 Å². The van der Waals surface area contributed by atoms with Crippen LogP contribution in [0.2, 0.25) is 0 Å². The summed E-state index contributed by atoms with van der Waals surface area (Å²) in [6.45, 7) is 5.22. The largest absolute Gasteiger partial charge is 0.339 e. The van der Waals surface area contributed by atoms with Crippen LogP contribution in [-0.2, 0) is 14.8 Å². The van der Waals surface area contributed by atoms with Crippen LogP contribution in [-0.4, -0.2) is 73.7 Å². The number of piperidine rings is 1. The van der Waals surface area contributed by atoms with E-state index >= 15 is 0 Å². The highest BCUT2D eigenvalue weighted by molar-refractivity contribution is 7.92. The third-order valence-corrected chi connectivity index (χ3v) is 7.03. The van der Waals surface area contributed by atoms with E-state index in [0.29, 0.717) is 38.8 Å². The second kappa shape index (κ2) is 8.99. The van der Waals surface area contributed by atoms with Gasteiger partial charge in [-0.3, -0.25) is 9.69 Å². The van der Waals surface area contributed by atoms with Gasteiger partial charge >= 0.3 is 0 Å². The molecule has 1 atom stereocenters. The highest BCUT2D eigenvalue weighted by Crippen LogP contribution is 2.17. The highest BCUT2D eigenvalue weighted by atomic mass is 32.2. The normalized spacial score (nSPS) is 23.0. The number of piperazine rings is 1. The number of carbonyl (C=O) groups is 1. The van der Waals surface area contributed by atoms with Gasteiger partial charge in [0.2, 0.25) is 15.9 Å². The molecule has 2 saturated heterocycles. The SMILES string of the molecule is C[C@H]1CCCCN1CC(=O)N1CCN(S(=O)(=O)/C=C/c2ccccc2)CC1. The molecule has 2 fully saturated rings. The third-order valence-electron chi connectivity index (χ3n) is 5.46. The van der Waals surface area contributed by atoms with Crippen LogP contribution in [0.4, 0.5) is 0 Å². The van der Waals surface area contributed by atoms with Crippen molar-refractivity contribution in [3.8, 4) is 0 Å². The van der Waals surface area contributed by atoms with Crippen molar-refractivity contribution < 1.29 is 13.2 Å². The minimum Gasteiger partial charge on any atom is -0.339 e. The summed E-state index contributed by atoms with van der Waals surface area (Å²) in [5, 5.41) is 1.26. The van der Waals surface area contributed by atoms with Crippen molar-refractivity contribution in [2.24, 2.45) is 0 Å². The summed E-state index contributed by atoms with van der Waals surface area (Å²) in [4.78, 5) is 16.6. The number of likely N-dealkylation sites (tertiary alicyclic amines) is 1. The quantitative estimate of drug-likeness (QED) is 0.770. The maximum atomic E-state index is 12.6. The van der Waals surface area contributed by atoms with Gasteiger partial charge < -0.3 is 4.90 Å². The lowest BCUT2D eigenvalue weighted by Gasteiger charge is -2.37. The minimum absolute atomic E-state index is 0.112. The fourth-order valence-electron chi connectivity index (χ4n) is 3.67. The first-order chi connectivity index (χ1) is 13.0. The molecule has 0 unspecified atom stereocenters. The number of rotatable bonds is 5. The summed E-state index contributed by atoms with van der Waals surface area (Å²) in [6, 6.07) is 9.83. The molecule has 1 aromatic rings. The molecule has 2 aliphatic heterocycles. The Labute approximate surface area is 162 Å². The van der Waals surface area contributed by atoms with E-state index in [9.17, 15) is 13.2 Å². The predicted molar refractivity (Wildman–Crippen MR) is 107 cm³/mol. The summed E-state index contributed by atoms with van der Waals surface area (Å²) in [5.74, 6) is 0.112. The molecule has 27 heavy (non-hydrogen) atoms.